The van der Waals surface area contributed by atoms with Crippen molar-refractivity contribution in [1.29, 1.82) is 0 Å². The van der Waals surface area contributed by atoms with Gasteiger partial charge in [-0.3, -0.25) is 0 Å². The zero-order valence-corrected chi connectivity index (χ0v) is 12.6. The van der Waals surface area contributed by atoms with E-state index in [1.54, 1.807) is 23.9 Å². The molecule has 3 rings (SSSR count). The van der Waals surface area contributed by atoms with Gasteiger partial charge in [0.25, 0.3) is 0 Å². The minimum absolute atomic E-state index is 0.500. The summed E-state index contributed by atoms with van der Waals surface area (Å²) in [5, 5.41) is 8.78. The van der Waals surface area contributed by atoms with Crippen LogP contribution in [0.25, 0.3) is 11.5 Å². The fourth-order valence-corrected chi connectivity index (χ4v) is 2.59. The molecule has 0 unspecified atom stereocenters. The Bertz CT molecular complexity index is 725. The maximum Gasteiger partial charge on any atom is 0.247 e. The third-order valence-corrected chi connectivity index (χ3v) is 4.05. The summed E-state index contributed by atoms with van der Waals surface area (Å²) in [6.45, 7) is 0. The SMILES string of the molecule is Nc1ccc(SCc2nnc(-c3ccc(Cl)cc3)o2)cc1. The molecule has 0 saturated carbocycles. The summed E-state index contributed by atoms with van der Waals surface area (Å²) in [4.78, 5) is 1.11. The van der Waals surface area contributed by atoms with E-state index in [0.29, 0.717) is 22.6 Å². The van der Waals surface area contributed by atoms with Crippen molar-refractivity contribution in [1.82, 2.24) is 10.2 Å². The molecular weight excluding hydrogens is 306 g/mol. The van der Waals surface area contributed by atoms with E-state index in [2.05, 4.69) is 10.2 Å². The first-order valence-corrected chi connectivity index (χ1v) is 7.64. The normalized spacial score (nSPS) is 10.7. The number of hydrogen-bond donors (Lipinski definition) is 1. The van der Waals surface area contributed by atoms with Crippen molar-refractivity contribution in [2.24, 2.45) is 0 Å². The molecule has 0 spiro atoms. The number of nitrogens with two attached hydrogens (primary N) is 1. The molecule has 0 aliphatic heterocycles. The molecule has 0 atom stereocenters. The summed E-state index contributed by atoms with van der Waals surface area (Å²) in [7, 11) is 0. The Morgan fingerprint density at radius 1 is 1.00 bits per heavy atom. The van der Waals surface area contributed by atoms with E-state index in [0.717, 1.165) is 16.1 Å². The predicted molar refractivity (Wildman–Crippen MR) is 85.2 cm³/mol. The van der Waals surface area contributed by atoms with Crippen LogP contribution in [0.1, 0.15) is 5.89 Å². The molecule has 6 heteroatoms. The second kappa shape index (κ2) is 6.20. The molecule has 0 fully saturated rings. The van der Waals surface area contributed by atoms with Gasteiger partial charge in [0.05, 0.1) is 5.75 Å². The number of benzene rings is 2. The number of anilines is 1. The first-order valence-electron chi connectivity index (χ1n) is 6.27. The van der Waals surface area contributed by atoms with E-state index >= 15 is 0 Å². The van der Waals surface area contributed by atoms with Crippen LogP contribution < -0.4 is 5.73 Å². The van der Waals surface area contributed by atoms with E-state index in [1.807, 2.05) is 36.4 Å². The third-order valence-electron chi connectivity index (χ3n) is 2.80. The van der Waals surface area contributed by atoms with Gasteiger partial charge in [0.2, 0.25) is 11.8 Å². The molecule has 0 aliphatic carbocycles. The van der Waals surface area contributed by atoms with E-state index in [9.17, 15) is 0 Å². The van der Waals surface area contributed by atoms with Crippen LogP contribution in [-0.4, -0.2) is 10.2 Å². The highest BCUT2D eigenvalue weighted by Crippen LogP contribution is 2.25. The lowest BCUT2D eigenvalue weighted by atomic mass is 10.2. The highest BCUT2D eigenvalue weighted by atomic mass is 35.5. The highest BCUT2D eigenvalue weighted by Gasteiger charge is 2.08. The maximum atomic E-state index is 5.85. The number of hydrogen-bond acceptors (Lipinski definition) is 5. The van der Waals surface area contributed by atoms with Gasteiger partial charge in [-0.1, -0.05) is 11.6 Å². The molecule has 2 N–H and O–H groups in total. The van der Waals surface area contributed by atoms with Crippen LogP contribution in [-0.2, 0) is 5.75 Å². The number of nitrogen functional groups attached to an aromatic ring is 1. The van der Waals surface area contributed by atoms with Gasteiger partial charge in [-0.05, 0) is 48.5 Å². The van der Waals surface area contributed by atoms with Crippen LogP contribution in [0, 0.1) is 0 Å². The average Bonchev–Trinajstić information content (AvgIpc) is 2.96. The van der Waals surface area contributed by atoms with E-state index in [-0.39, 0.29) is 0 Å². The van der Waals surface area contributed by atoms with Crippen molar-refractivity contribution in [2.75, 3.05) is 5.73 Å². The van der Waals surface area contributed by atoms with Gasteiger partial charge in [0, 0.05) is 21.2 Å². The standard InChI is InChI=1S/C15H12ClN3OS/c16-11-3-1-10(2-4-11)15-19-18-14(20-15)9-21-13-7-5-12(17)6-8-13/h1-8H,9,17H2. The van der Waals surface area contributed by atoms with E-state index < -0.39 is 0 Å². The first kappa shape index (κ1) is 14.0. The van der Waals surface area contributed by atoms with Crippen molar-refractivity contribution in [2.45, 2.75) is 10.6 Å². The van der Waals surface area contributed by atoms with E-state index in [4.69, 9.17) is 21.8 Å². The molecular formula is C15H12ClN3OS. The van der Waals surface area contributed by atoms with Gasteiger partial charge in [0.15, 0.2) is 0 Å². The van der Waals surface area contributed by atoms with Crippen LogP contribution in [0.4, 0.5) is 5.69 Å². The fraction of sp³-hybridized carbons (Fsp3) is 0.0667. The number of rotatable bonds is 4. The Kier molecular flexibility index (Phi) is 4.13. The lowest BCUT2D eigenvalue weighted by molar-refractivity contribution is 0.528. The monoisotopic (exact) mass is 317 g/mol. The summed E-state index contributed by atoms with van der Waals surface area (Å²) in [5.41, 5.74) is 7.26. The second-order valence-corrected chi connectivity index (χ2v) is 5.85. The van der Waals surface area contributed by atoms with Gasteiger partial charge in [-0.2, -0.15) is 0 Å². The molecule has 4 nitrogen and oxygen atoms in total. The molecule has 1 aromatic heterocycles. The molecule has 0 amide bonds. The van der Waals surface area contributed by atoms with Crippen LogP contribution in [0.2, 0.25) is 5.02 Å². The smallest absolute Gasteiger partial charge is 0.247 e. The number of thioether (sulfide) groups is 1. The Morgan fingerprint density at radius 3 is 2.43 bits per heavy atom. The maximum absolute atomic E-state index is 5.85. The van der Waals surface area contributed by atoms with Gasteiger partial charge in [0.1, 0.15) is 0 Å². The zero-order chi connectivity index (χ0) is 14.7. The Morgan fingerprint density at radius 2 is 1.71 bits per heavy atom. The Labute approximate surface area is 131 Å². The zero-order valence-electron chi connectivity index (χ0n) is 11.0. The number of nitrogens with zero attached hydrogens (tertiary/aromatic N) is 2. The minimum Gasteiger partial charge on any atom is -0.420 e. The van der Waals surface area contributed by atoms with Crippen molar-refractivity contribution < 1.29 is 4.42 Å². The van der Waals surface area contributed by atoms with Crippen molar-refractivity contribution in [3.63, 3.8) is 0 Å². The summed E-state index contributed by atoms with van der Waals surface area (Å²) in [5.74, 6) is 1.70. The summed E-state index contributed by atoms with van der Waals surface area (Å²) in [6, 6.07) is 15.0. The van der Waals surface area contributed by atoms with Crippen LogP contribution >= 0.6 is 23.4 Å². The van der Waals surface area contributed by atoms with E-state index in [1.165, 1.54) is 0 Å². The van der Waals surface area contributed by atoms with Gasteiger partial charge < -0.3 is 10.2 Å². The predicted octanol–water partition coefficient (Wildman–Crippen LogP) is 4.26. The molecule has 3 aromatic rings. The summed E-state index contributed by atoms with van der Waals surface area (Å²) < 4.78 is 5.64. The van der Waals surface area contributed by atoms with Gasteiger partial charge >= 0.3 is 0 Å². The molecule has 2 aromatic carbocycles. The quantitative estimate of drug-likeness (QED) is 0.575. The molecule has 0 aliphatic rings. The van der Waals surface area contributed by atoms with Crippen LogP contribution in [0.15, 0.2) is 57.8 Å². The fourth-order valence-electron chi connectivity index (χ4n) is 1.73. The van der Waals surface area contributed by atoms with Crippen molar-refractivity contribution in [3.8, 4) is 11.5 Å². The topological polar surface area (TPSA) is 64.9 Å². The summed E-state index contributed by atoms with van der Waals surface area (Å²) in [6.07, 6.45) is 0. The minimum atomic E-state index is 0.500. The van der Waals surface area contributed by atoms with Crippen molar-refractivity contribution in [3.05, 3.63) is 59.4 Å². The third kappa shape index (κ3) is 3.56. The molecule has 0 saturated heterocycles. The number of halogens is 1. The first-order chi connectivity index (χ1) is 10.2. The molecule has 106 valence electrons. The molecule has 1 heterocycles. The lowest BCUT2D eigenvalue weighted by Crippen LogP contribution is -1.84. The van der Waals surface area contributed by atoms with Crippen LogP contribution in [0.5, 0.6) is 0 Å². The van der Waals surface area contributed by atoms with Crippen molar-refractivity contribution >= 4 is 29.1 Å². The van der Waals surface area contributed by atoms with Gasteiger partial charge in [-0.25, -0.2) is 0 Å². The van der Waals surface area contributed by atoms with Gasteiger partial charge in [-0.15, -0.1) is 22.0 Å². The number of aromatic nitrogens is 2. The second-order valence-electron chi connectivity index (χ2n) is 4.37. The van der Waals surface area contributed by atoms with Crippen LogP contribution in [0.3, 0.4) is 0 Å². The average molecular weight is 318 g/mol. The Balaban J connectivity index is 1.67. The molecule has 0 radical (unpaired) electrons. The Hall–Kier alpha value is -1.98. The molecule has 21 heavy (non-hydrogen) atoms. The highest BCUT2D eigenvalue weighted by molar-refractivity contribution is 7.98. The molecule has 0 bridgehead atoms. The lowest BCUT2D eigenvalue weighted by Gasteiger charge is -1.99. The largest absolute Gasteiger partial charge is 0.420 e. The summed E-state index contributed by atoms with van der Waals surface area (Å²) >= 11 is 7.47.